The van der Waals surface area contributed by atoms with Crippen molar-refractivity contribution in [3.63, 3.8) is 0 Å². The second-order valence-corrected chi connectivity index (χ2v) is 6.88. The fourth-order valence-corrected chi connectivity index (χ4v) is 3.11. The van der Waals surface area contributed by atoms with E-state index in [1.165, 1.54) is 31.2 Å². The number of amides is 2. The summed E-state index contributed by atoms with van der Waals surface area (Å²) < 4.78 is 41.5. The van der Waals surface area contributed by atoms with Gasteiger partial charge < -0.3 is 10.6 Å². The zero-order valence-electron chi connectivity index (χ0n) is 16.6. The van der Waals surface area contributed by atoms with Crippen LogP contribution in [0.15, 0.2) is 60.8 Å². The molecule has 2 aromatic carbocycles. The van der Waals surface area contributed by atoms with E-state index in [0.717, 1.165) is 16.8 Å². The first-order valence-electron chi connectivity index (χ1n) is 9.43. The van der Waals surface area contributed by atoms with Gasteiger partial charge >= 0.3 is 0 Å². The second kappa shape index (κ2) is 8.50. The van der Waals surface area contributed by atoms with Crippen LogP contribution in [0, 0.1) is 5.82 Å². The molecular formula is C22H16F3N5O2. The number of carbonyl (C=O) groups excluding carboxylic acids is 2. The molecule has 10 heteroatoms. The molecule has 32 heavy (non-hydrogen) atoms. The van der Waals surface area contributed by atoms with E-state index in [4.69, 9.17) is 0 Å². The Morgan fingerprint density at radius 1 is 0.969 bits per heavy atom. The average molecular weight is 439 g/mol. The molecule has 0 aliphatic rings. The van der Waals surface area contributed by atoms with Crippen LogP contribution in [-0.4, -0.2) is 26.4 Å². The minimum atomic E-state index is -2.88. The Morgan fingerprint density at radius 2 is 1.59 bits per heavy atom. The van der Waals surface area contributed by atoms with Gasteiger partial charge in [-0.3, -0.25) is 9.59 Å². The molecule has 0 spiro atoms. The van der Waals surface area contributed by atoms with Crippen LogP contribution in [-0.2, 0) is 4.79 Å². The number of hydrogen-bond donors (Lipinski definition) is 2. The number of fused-ring (bicyclic) bond motifs is 1. The van der Waals surface area contributed by atoms with Gasteiger partial charge in [-0.15, -0.1) is 0 Å². The third-order valence-corrected chi connectivity index (χ3v) is 4.57. The summed E-state index contributed by atoms with van der Waals surface area (Å²) in [5.41, 5.74) is 1.02. The molecular weight excluding hydrogens is 423 g/mol. The largest absolute Gasteiger partial charge is 0.326 e. The number of hydrogen-bond acceptors (Lipinski definition) is 4. The van der Waals surface area contributed by atoms with Gasteiger partial charge in [0.15, 0.2) is 5.65 Å². The van der Waals surface area contributed by atoms with Crippen molar-refractivity contribution in [1.82, 2.24) is 14.6 Å². The molecule has 0 aliphatic heterocycles. The number of nitrogens with one attached hydrogen (secondary N) is 2. The van der Waals surface area contributed by atoms with Gasteiger partial charge in [0, 0.05) is 23.9 Å². The van der Waals surface area contributed by atoms with Crippen molar-refractivity contribution in [3.05, 3.63) is 77.9 Å². The highest BCUT2D eigenvalue weighted by molar-refractivity contribution is 6.08. The molecule has 4 rings (SSSR count). The summed E-state index contributed by atoms with van der Waals surface area (Å²) in [4.78, 5) is 28.2. The van der Waals surface area contributed by atoms with Crippen molar-refractivity contribution in [2.75, 3.05) is 10.6 Å². The number of carbonyl (C=O) groups is 2. The van der Waals surface area contributed by atoms with Crippen molar-refractivity contribution in [3.8, 4) is 11.3 Å². The molecule has 7 nitrogen and oxygen atoms in total. The van der Waals surface area contributed by atoms with Crippen molar-refractivity contribution >= 4 is 28.8 Å². The van der Waals surface area contributed by atoms with Crippen LogP contribution in [0.3, 0.4) is 0 Å². The zero-order valence-corrected chi connectivity index (χ0v) is 16.6. The van der Waals surface area contributed by atoms with Gasteiger partial charge in [-0.1, -0.05) is 0 Å². The number of anilines is 2. The molecule has 0 saturated carbocycles. The standard InChI is InChI=1S/C22H16F3N5O2/c1-12(31)27-15-6-8-16(9-7-15)28-22(32)17-11-26-30-19(20(24)25)10-18(29-21(17)30)13-2-4-14(23)5-3-13/h2-11,20H,1H3,(H,27,31)(H,28,32). The number of nitrogens with zero attached hydrogens (tertiary/aromatic N) is 3. The summed E-state index contributed by atoms with van der Waals surface area (Å²) in [6.45, 7) is 1.38. The summed E-state index contributed by atoms with van der Waals surface area (Å²) >= 11 is 0. The molecule has 4 aromatic rings. The number of benzene rings is 2. The molecule has 2 aromatic heterocycles. The molecule has 0 radical (unpaired) electrons. The minimum Gasteiger partial charge on any atom is -0.326 e. The van der Waals surface area contributed by atoms with E-state index in [2.05, 4.69) is 20.7 Å². The molecule has 0 aliphatic carbocycles. The fraction of sp³-hybridized carbons (Fsp3) is 0.0909. The Morgan fingerprint density at radius 3 is 2.19 bits per heavy atom. The van der Waals surface area contributed by atoms with E-state index in [1.807, 2.05) is 0 Å². The lowest BCUT2D eigenvalue weighted by molar-refractivity contribution is -0.114. The summed E-state index contributed by atoms with van der Waals surface area (Å²) in [5.74, 6) is -1.31. The quantitative estimate of drug-likeness (QED) is 0.473. The van der Waals surface area contributed by atoms with E-state index in [1.54, 1.807) is 24.3 Å². The molecule has 0 atom stereocenters. The third kappa shape index (κ3) is 4.29. The number of halogens is 3. The fourth-order valence-electron chi connectivity index (χ4n) is 3.11. The summed E-state index contributed by atoms with van der Waals surface area (Å²) in [6.07, 6.45) is -1.72. The zero-order chi connectivity index (χ0) is 22.8. The van der Waals surface area contributed by atoms with E-state index in [9.17, 15) is 22.8 Å². The van der Waals surface area contributed by atoms with E-state index in [0.29, 0.717) is 16.9 Å². The van der Waals surface area contributed by atoms with E-state index < -0.39 is 23.8 Å². The van der Waals surface area contributed by atoms with Gasteiger partial charge in [0.1, 0.15) is 17.1 Å². The summed E-state index contributed by atoms with van der Waals surface area (Å²) in [5, 5.41) is 9.16. The predicted octanol–water partition coefficient (Wildman–Crippen LogP) is 4.68. The first-order valence-corrected chi connectivity index (χ1v) is 9.43. The lowest BCUT2D eigenvalue weighted by atomic mass is 10.1. The molecule has 0 fully saturated rings. The number of alkyl halides is 2. The van der Waals surface area contributed by atoms with Crippen molar-refractivity contribution in [2.24, 2.45) is 0 Å². The van der Waals surface area contributed by atoms with Gasteiger partial charge in [0.2, 0.25) is 5.91 Å². The maximum Gasteiger partial charge on any atom is 0.280 e. The van der Waals surface area contributed by atoms with Gasteiger partial charge in [-0.2, -0.15) is 5.10 Å². The van der Waals surface area contributed by atoms with Crippen LogP contribution in [0.4, 0.5) is 24.5 Å². The molecule has 162 valence electrons. The maximum atomic E-state index is 13.7. The molecule has 2 heterocycles. The Balaban J connectivity index is 1.70. The molecule has 2 amide bonds. The van der Waals surface area contributed by atoms with Crippen molar-refractivity contribution in [1.29, 1.82) is 0 Å². The lowest BCUT2D eigenvalue weighted by Crippen LogP contribution is -2.13. The second-order valence-electron chi connectivity index (χ2n) is 6.88. The third-order valence-electron chi connectivity index (χ3n) is 4.57. The average Bonchev–Trinajstić information content (AvgIpc) is 3.18. The van der Waals surface area contributed by atoms with E-state index >= 15 is 0 Å². The predicted molar refractivity (Wildman–Crippen MR) is 112 cm³/mol. The topological polar surface area (TPSA) is 88.4 Å². The smallest absolute Gasteiger partial charge is 0.280 e. The normalized spacial score (nSPS) is 11.0. The van der Waals surface area contributed by atoms with Crippen molar-refractivity contribution < 1.29 is 22.8 Å². The van der Waals surface area contributed by atoms with Crippen LogP contribution in [0.25, 0.3) is 16.9 Å². The molecule has 0 bridgehead atoms. The molecule has 0 saturated heterocycles. The van der Waals surface area contributed by atoms with Gasteiger partial charge in [0.25, 0.3) is 12.3 Å². The molecule has 0 unspecified atom stereocenters. The highest BCUT2D eigenvalue weighted by Crippen LogP contribution is 2.27. The van der Waals surface area contributed by atoms with Crippen LogP contribution in [0.1, 0.15) is 29.4 Å². The highest BCUT2D eigenvalue weighted by atomic mass is 19.3. The Bertz CT molecular complexity index is 1300. The Kier molecular flexibility index (Phi) is 5.59. The monoisotopic (exact) mass is 439 g/mol. The van der Waals surface area contributed by atoms with Gasteiger partial charge in [-0.05, 0) is 54.6 Å². The van der Waals surface area contributed by atoms with Crippen LogP contribution < -0.4 is 10.6 Å². The highest BCUT2D eigenvalue weighted by Gasteiger charge is 2.21. The summed E-state index contributed by atoms with van der Waals surface area (Å²) in [7, 11) is 0. The number of rotatable bonds is 5. The first kappa shape index (κ1) is 21.0. The van der Waals surface area contributed by atoms with Crippen LogP contribution in [0.5, 0.6) is 0 Å². The van der Waals surface area contributed by atoms with Crippen LogP contribution >= 0.6 is 0 Å². The van der Waals surface area contributed by atoms with Crippen LogP contribution in [0.2, 0.25) is 0 Å². The first-order chi connectivity index (χ1) is 15.3. The SMILES string of the molecule is CC(=O)Nc1ccc(NC(=O)c2cnn3c(C(F)F)cc(-c4ccc(F)cc4)nc23)cc1. The molecule has 2 N–H and O–H groups in total. The van der Waals surface area contributed by atoms with Gasteiger partial charge in [0.05, 0.1) is 11.9 Å². The number of aromatic nitrogens is 3. The lowest BCUT2D eigenvalue weighted by Gasteiger charge is -2.09. The Hall–Kier alpha value is -4.21. The maximum absolute atomic E-state index is 13.7. The van der Waals surface area contributed by atoms with E-state index in [-0.39, 0.29) is 22.8 Å². The Labute approximate surface area is 179 Å². The van der Waals surface area contributed by atoms with Gasteiger partial charge in [-0.25, -0.2) is 22.7 Å². The van der Waals surface area contributed by atoms with Crippen molar-refractivity contribution in [2.45, 2.75) is 13.3 Å². The minimum absolute atomic E-state index is 0.0122. The summed E-state index contributed by atoms with van der Waals surface area (Å²) in [6, 6.07) is 12.7.